The van der Waals surface area contributed by atoms with E-state index < -0.39 is 0 Å². The number of ketones is 1. The summed E-state index contributed by atoms with van der Waals surface area (Å²) in [5, 5.41) is 9.57. The van der Waals surface area contributed by atoms with Crippen LogP contribution < -0.4 is 4.74 Å². The van der Waals surface area contributed by atoms with Crippen LogP contribution in [-0.2, 0) is 37.9 Å². The molecular formula is C27H30IrNO3-. The van der Waals surface area contributed by atoms with Crippen molar-refractivity contribution in [1.82, 2.24) is 4.98 Å². The molecular weight excluding hydrogens is 579 g/mol. The molecule has 1 radical (unpaired) electrons. The third-order valence-electron chi connectivity index (χ3n) is 5.10. The molecule has 0 atom stereocenters. The van der Waals surface area contributed by atoms with Gasteiger partial charge in [0.2, 0.25) is 0 Å². The first kappa shape index (κ1) is 25.8. The zero-order valence-electron chi connectivity index (χ0n) is 19.5. The van der Waals surface area contributed by atoms with Crippen LogP contribution in [-0.4, -0.2) is 15.9 Å². The summed E-state index contributed by atoms with van der Waals surface area (Å²) in [5.74, 6) is 1.44. The van der Waals surface area contributed by atoms with Crippen LogP contribution in [0.2, 0.25) is 0 Å². The van der Waals surface area contributed by atoms with Gasteiger partial charge in [0.1, 0.15) is 5.75 Å². The minimum atomic E-state index is -0.125. The van der Waals surface area contributed by atoms with E-state index in [1.54, 1.807) is 0 Å². The van der Waals surface area contributed by atoms with E-state index in [9.17, 15) is 4.79 Å². The Morgan fingerprint density at radius 2 is 1.97 bits per heavy atom. The second-order valence-corrected chi connectivity index (χ2v) is 8.59. The van der Waals surface area contributed by atoms with E-state index in [4.69, 9.17) is 14.8 Å². The molecule has 2 aromatic carbocycles. The predicted molar refractivity (Wildman–Crippen MR) is 125 cm³/mol. The molecule has 0 fully saturated rings. The third kappa shape index (κ3) is 6.05. The fourth-order valence-corrected chi connectivity index (χ4v) is 3.90. The first-order chi connectivity index (χ1) is 14.7. The summed E-state index contributed by atoms with van der Waals surface area (Å²) in [7, 11) is 0. The standard InChI is InChI=1S/C22H22NO.C5H8O2.Ir/c1-13(2)8-16-6-5-7-20-17(16)11-21-22(23-20)18-10-14(3)9-15(4)19(18)12-24-21;1-4(6)3-5(2)7;/h5-7,9,11,13H,8,12H2,1-4H3;3,6H,1-2H3;/q-1;;/b;4-3-;. The van der Waals surface area contributed by atoms with Crippen molar-refractivity contribution in [1.29, 1.82) is 0 Å². The quantitative estimate of drug-likeness (QED) is 0.211. The number of benzene rings is 2. The molecule has 0 aliphatic carbocycles. The van der Waals surface area contributed by atoms with Gasteiger partial charge in [0.15, 0.2) is 5.78 Å². The normalized spacial score (nSPS) is 12.2. The van der Waals surface area contributed by atoms with Crippen LogP contribution >= 0.6 is 0 Å². The van der Waals surface area contributed by atoms with Gasteiger partial charge in [-0.3, -0.25) is 9.78 Å². The van der Waals surface area contributed by atoms with Gasteiger partial charge in [-0.1, -0.05) is 45.4 Å². The predicted octanol–water partition coefficient (Wildman–Crippen LogP) is 6.44. The molecule has 1 N–H and O–H groups in total. The topological polar surface area (TPSA) is 59.4 Å². The smallest absolute Gasteiger partial charge is 0.155 e. The fourth-order valence-electron chi connectivity index (χ4n) is 3.90. The summed E-state index contributed by atoms with van der Waals surface area (Å²) < 4.78 is 6.06. The Hall–Kier alpha value is -2.49. The average Bonchev–Trinajstić information content (AvgIpc) is 2.66. The summed E-state index contributed by atoms with van der Waals surface area (Å²) in [4.78, 5) is 15.0. The van der Waals surface area contributed by atoms with E-state index in [0.29, 0.717) is 12.5 Å². The molecule has 0 spiro atoms. The van der Waals surface area contributed by atoms with Crippen molar-refractivity contribution in [2.45, 2.75) is 54.6 Å². The van der Waals surface area contributed by atoms with Crippen LogP contribution in [0.5, 0.6) is 5.75 Å². The van der Waals surface area contributed by atoms with E-state index >= 15 is 0 Å². The maximum Gasteiger partial charge on any atom is 0.155 e. The van der Waals surface area contributed by atoms with E-state index in [1.165, 1.54) is 42.0 Å². The minimum Gasteiger partial charge on any atom is -0.512 e. The number of carbonyl (C=O) groups is 1. The molecule has 4 nitrogen and oxygen atoms in total. The average molecular weight is 609 g/mol. The number of hydrogen-bond donors (Lipinski definition) is 1. The molecule has 0 saturated carbocycles. The first-order valence-corrected chi connectivity index (χ1v) is 10.6. The third-order valence-corrected chi connectivity index (χ3v) is 5.10. The molecule has 0 bridgehead atoms. The zero-order chi connectivity index (χ0) is 22.7. The molecule has 3 aromatic rings. The Balaban J connectivity index is 0.000000398. The van der Waals surface area contributed by atoms with Gasteiger partial charge in [0.25, 0.3) is 0 Å². The Morgan fingerprint density at radius 3 is 2.56 bits per heavy atom. The summed E-state index contributed by atoms with van der Waals surface area (Å²) in [6.45, 7) is 12.2. The second kappa shape index (κ2) is 10.9. The molecule has 2 heterocycles. The summed E-state index contributed by atoms with van der Waals surface area (Å²) >= 11 is 0. The van der Waals surface area contributed by atoms with Gasteiger partial charge in [-0.2, -0.15) is 0 Å². The van der Waals surface area contributed by atoms with E-state index in [2.05, 4.69) is 64.1 Å². The molecule has 5 heteroatoms. The number of aliphatic hydroxyl groups is 1. The SMILES string of the molecule is CC(=O)/C=C(/C)O.Cc1[c-]c2c(c(C)c1)COc1cc3c(CC(C)C)cccc3nc1-2.[Ir]. The summed E-state index contributed by atoms with van der Waals surface area (Å²) in [6, 6.07) is 14.2. The number of hydrogen-bond acceptors (Lipinski definition) is 4. The Morgan fingerprint density at radius 1 is 1.25 bits per heavy atom. The second-order valence-electron chi connectivity index (χ2n) is 8.59. The number of aryl methyl sites for hydroxylation is 2. The Bertz CT molecular complexity index is 1160. The minimum absolute atomic E-state index is 0. The number of aromatic nitrogens is 1. The van der Waals surface area contributed by atoms with Gasteiger partial charge in [-0.25, -0.2) is 0 Å². The molecule has 171 valence electrons. The summed E-state index contributed by atoms with van der Waals surface area (Å²) in [5.41, 5.74) is 8.02. The fraction of sp³-hybridized carbons (Fsp3) is 0.333. The van der Waals surface area contributed by atoms with Crippen molar-refractivity contribution in [3.63, 3.8) is 0 Å². The van der Waals surface area contributed by atoms with Gasteiger partial charge in [-0.05, 0) is 43.9 Å². The number of aliphatic hydroxyl groups excluding tert-OH is 1. The largest absolute Gasteiger partial charge is 0.512 e. The van der Waals surface area contributed by atoms with Crippen molar-refractivity contribution in [2.24, 2.45) is 5.92 Å². The van der Waals surface area contributed by atoms with Crippen molar-refractivity contribution in [3.8, 4) is 17.0 Å². The molecule has 0 unspecified atom stereocenters. The summed E-state index contributed by atoms with van der Waals surface area (Å²) in [6.07, 6.45) is 2.22. The van der Waals surface area contributed by atoms with Crippen molar-refractivity contribution in [3.05, 3.63) is 70.5 Å². The van der Waals surface area contributed by atoms with Gasteiger partial charge >= 0.3 is 0 Å². The zero-order valence-corrected chi connectivity index (χ0v) is 21.9. The van der Waals surface area contributed by atoms with Gasteiger partial charge in [0.05, 0.1) is 17.9 Å². The van der Waals surface area contributed by atoms with E-state index in [1.807, 2.05) is 0 Å². The molecule has 32 heavy (non-hydrogen) atoms. The van der Waals surface area contributed by atoms with Crippen LogP contribution in [0, 0.1) is 25.8 Å². The van der Waals surface area contributed by atoms with E-state index in [0.717, 1.165) is 34.5 Å². The van der Waals surface area contributed by atoms with Gasteiger partial charge in [-0.15, -0.1) is 28.8 Å². The Kier molecular flexibility index (Phi) is 8.77. The molecule has 4 rings (SSSR count). The number of fused-ring (bicyclic) bond motifs is 4. The van der Waals surface area contributed by atoms with Crippen LogP contribution in [0.25, 0.3) is 22.2 Å². The Labute approximate surface area is 204 Å². The van der Waals surface area contributed by atoms with Crippen LogP contribution in [0.3, 0.4) is 0 Å². The van der Waals surface area contributed by atoms with Gasteiger partial charge in [0, 0.05) is 37.3 Å². The molecule has 1 aromatic heterocycles. The molecule has 0 amide bonds. The number of carbonyl (C=O) groups excluding carboxylic acids is 1. The van der Waals surface area contributed by atoms with Crippen LogP contribution in [0.15, 0.2) is 42.2 Å². The maximum absolute atomic E-state index is 10.0. The van der Waals surface area contributed by atoms with E-state index in [-0.39, 0.29) is 31.6 Å². The van der Waals surface area contributed by atoms with Crippen molar-refractivity contribution < 1.29 is 34.7 Å². The monoisotopic (exact) mass is 609 g/mol. The first-order valence-electron chi connectivity index (χ1n) is 10.6. The molecule has 1 aliphatic rings. The maximum atomic E-state index is 10.0. The van der Waals surface area contributed by atoms with Crippen LogP contribution in [0.1, 0.15) is 49.9 Å². The molecule has 1 aliphatic heterocycles. The van der Waals surface area contributed by atoms with Gasteiger partial charge < -0.3 is 9.84 Å². The van der Waals surface area contributed by atoms with Crippen molar-refractivity contribution >= 4 is 16.7 Å². The number of rotatable bonds is 3. The molecule has 0 saturated heterocycles. The van der Waals surface area contributed by atoms with Crippen LogP contribution in [0.4, 0.5) is 0 Å². The number of pyridine rings is 1. The number of ether oxygens (including phenoxy) is 1. The van der Waals surface area contributed by atoms with Crippen molar-refractivity contribution in [2.75, 3.05) is 0 Å². The number of allylic oxidation sites excluding steroid dienone is 2. The number of nitrogens with zero attached hydrogens (tertiary/aromatic N) is 1.